The monoisotopic (exact) mass is 344 g/mol. The third-order valence-corrected chi connectivity index (χ3v) is 4.99. The van der Waals surface area contributed by atoms with Gasteiger partial charge in [0.2, 0.25) is 11.8 Å². The molecule has 1 saturated heterocycles. The second kappa shape index (κ2) is 5.31. The number of carbonyl (C=O) groups is 2. The number of amides is 2. The first-order valence-electron chi connectivity index (χ1n) is 7.63. The molecule has 1 unspecified atom stereocenters. The molecule has 0 aromatic heterocycles. The van der Waals surface area contributed by atoms with Crippen LogP contribution in [0.2, 0.25) is 5.02 Å². The summed E-state index contributed by atoms with van der Waals surface area (Å²) in [5.41, 5.74) is 0.905. The zero-order chi connectivity index (χ0) is 16.9. The van der Waals surface area contributed by atoms with Crippen LogP contribution in [0.3, 0.4) is 0 Å². The Balaban J connectivity index is 1.81. The largest absolute Gasteiger partial charge is 0.355 e. The Morgan fingerprint density at radius 2 is 2.00 bits per heavy atom. The lowest BCUT2D eigenvalue weighted by atomic mass is 9.81. The maximum Gasteiger partial charge on any atom is 0.240 e. The van der Waals surface area contributed by atoms with E-state index in [-0.39, 0.29) is 37.1 Å². The SMILES string of the molecule is O=C1CC2(CN1)C(=O)N(Cc1ccccc1F)c1ccc(Cl)cc12. The lowest BCUT2D eigenvalue weighted by Gasteiger charge is -2.22. The van der Waals surface area contributed by atoms with Gasteiger partial charge in [-0.05, 0) is 29.8 Å². The quantitative estimate of drug-likeness (QED) is 0.910. The van der Waals surface area contributed by atoms with Gasteiger partial charge >= 0.3 is 0 Å². The summed E-state index contributed by atoms with van der Waals surface area (Å²) in [5, 5.41) is 3.24. The standard InChI is InChI=1S/C18H14ClFN2O2/c19-12-5-6-15-13(7-12)18(8-16(23)21-10-18)17(24)22(15)9-11-3-1-2-4-14(11)20/h1-7H,8-10H2,(H,21,23). The molecule has 1 atom stereocenters. The molecular formula is C18H14ClFN2O2. The van der Waals surface area contributed by atoms with Gasteiger partial charge in [0.25, 0.3) is 0 Å². The van der Waals surface area contributed by atoms with E-state index in [4.69, 9.17) is 11.6 Å². The zero-order valence-electron chi connectivity index (χ0n) is 12.7. The van der Waals surface area contributed by atoms with E-state index < -0.39 is 5.41 Å². The number of nitrogens with zero attached hydrogens (tertiary/aromatic N) is 1. The summed E-state index contributed by atoms with van der Waals surface area (Å²) >= 11 is 6.11. The average molecular weight is 345 g/mol. The number of hydrogen-bond acceptors (Lipinski definition) is 2. The van der Waals surface area contributed by atoms with Crippen LogP contribution < -0.4 is 10.2 Å². The summed E-state index contributed by atoms with van der Waals surface area (Å²) < 4.78 is 14.0. The molecule has 1 N–H and O–H groups in total. The Labute approximate surface area is 143 Å². The van der Waals surface area contributed by atoms with Crippen molar-refractivity contribution in [2.45, 2.75) is 18.4 Å². The number of halogens is 2. The van der Waals surface area contributed by atoms with Crippen molar-refractivity contribution in [1.82, 2.24) is 5.32 Å². The fourth-order valence-electron chi connectivity index (χ4n) is 3.55. The predicted molar refractivity (Wildman–Crippen MR) is 88.3 cm³/mol. The van der Waals surface area contributed by atoms with Gasteiger partial charge in [-0.1, -0.05) is 29.8 Å². The van der Waals surface area contributed by atoms with E-state index in [9.17, 15) is 14.0 Å². The van der Waals surface area contributed by atoms with Crippen LogP contribution in [-0.2, 0) is 21.5 Å². The van der Waals surface area contributed by atoms with E-state index in [1.165, 1.54) is 6.07 Å². The number of nitrogens with one attached hydrogen (secondary N) is 1. The van der Waals surface area contributed by atoms with Gasteiger partial charge in [-0.3, -0.25) is 9.59 Å². The molecule has 0 aliphatic carbocycles. The van der Waals surface area contributed by atoms with Gasteiger partial charge in [0.05, 0.1) is 6.54 Å². The van der Waals surface area contributed by atoms with Gasteiger partial charge in [0.1, 0.15) is 11.2 Å². The maximum absolute atomic E-state index is 14.0. The number of rotatable bonds is 2. The number of benzene rings is 2. The highest BCUT2D eigenvalue weighted by Gasteiger charge is 2.55. The third kappa shape index (κ3) is 2.12. The summed E-state index contributed by atoms with van der Waals surface area (Å²) in [4.78, 5) is 26.5. The van der Waals surface area contributed by atoms with Crippen LogP contribution in [-0.4, -0.2) is 18.4 Å². The number of carbonyl (C=O) groups excluding carboxylic acids is 2. The molecule has 2 aromatic carbocycles. The van der Waals surface area contributed by atoms with Crippen LogP contribution >= 0.6 is 11.6 Å². The molecule has 1 spiro atoms. The summed E-state index contributed by atoms with van der Waals surface area (Å²) in [6.07, 6.45) is 0.0902. The normalized spacial score (nSPS) is 22.2. The van der Waals surface area contributed by atoms with Crippen LogP contribution in [0.15, 0.2) is 42.5 Å². The summed E-state index contributed by atoms with van der Waals surface area (Å²) in [6.45, 7) is 0.363. The lowest BCUT2D eigenvalue weighted by Crippen LogP contribution is -2.41. The van der Waals surface area contributed by atoms with E-state index in [0.717, 1.165) is 5.56 Å². The minimum absolute atomic E-state index is 0.0902. The maximum atomic E-state index is 14.0. The van der Waals surface area contributed by atoms with Crippen molar-refractivity contribution in [3.05, 3.63) is 64.4 Å². The Morgan fingerprint density at radius 3 is 2.71 bits per heavy atom. The summed E-state index contributed by atoms with van der Waals surface area (Å²) in [5.74, 6) is -0.717. The first-order chi connectivity index (χ1) is 11.5. The molecule has 4 rings (SSSR count). The number of anilines is 1. The molecule has 2 heterocycles. The molecule has 2 aromatic rings. The second-order valence-corrected chi connectivity index (χ2v) is 6.62. The molecular weight excluding hydrogens is 331 g/mol. The fraction of sp³-hybridized carbons (Fsp3) is 0.222. The van der Waals surface area contributed by atoms with Crippen LogP contribution in [0.25, 0.3) is 0 Å². The van der Waals surface area contributed by atoms with Gasteiger partial charge in [-0.2, -0.15) is 0 Å². The van der Waals surface area contributed by atoms with E-state index in [1.54, 1.807) is 41.3 Å². The van der Waals surface area contributed by atoms with Crippen molar-refractivity contribution in [2.24, 2.45) is 0 Å². The molecule has 2 aliphatic rings. The van der Waals surface area contributed by atoms with E-state index in [1.807, 2.05) is 0 Å². The summed E-state index contributed by atoms with van der Waals surface area (Å²) in [6, 6.07) is 11.6. The first-order valence-corrected chi connectivity index (χ1v) is 8.01. The van der Waals surface area contributed by atoms with Gasteiger partial charge < -0.3 is 10.2 Å². The molecule has 6 heteroatoms. The van der Waals surface area contributed by atoms with Crippen LogP contribution in [0.4, 0.5) is 10.1 Å². The molecule has 0 bridgehead atoms. The highest BCUT2D eigenvalue weighted by Crippen LogP contribution is 2.47. The number of fused-ring (bicyclic) bond motifs is 2. The van der Waals surface area contributed by atoms with Gasteiger partial charge in [-0.25, -0.2) is 4.39 Å². The highest BCUT2D eigenvalue weighted by atomic mass is 35.5. The molecule has 1 fully saturated rings. The molecule has 24 heavy (non-hydrogen) atoms. The predicted octanol–water partition coefficient (Wildman–Crippen LogP) is 2.78. The molecule has 0 saturated carbocycles. The average Bonchev–Trinajstić information content (AvgIpc) is 3.05. The van der Waals surface area contributed by atoms with Crippen molar-refractivity contribution < 1.29 is 14.0 Å². The van der Waals surface area contributed by atoms with Crippen LogP contribution in [0, 0.1) is 5.82 Å². The minimum Gasteiger partial charge on any atom is -0.355 e. The smallest absolute Gasteiger partial charge is 0.240 e. The second-order valence-electron chi connectivity index (χ2n) is 6.18. The number of hydrogen-bond donors (Lipinski definition) is 1. The van der Waals surface area contributed by atoms with Crippen molar-refractivity contribution >= 4 is 29.1 Å². The Morgan fingerprint density at radius 1 is 1.21 bits per heavy atom. The van der Waals surface area contributed by atoms with Crippen molar-refractivity contribution in [1.29, 1.82) is 0 Å². The Kier molecular flexibility index (Phi) is 3.35. The topological polar surface area (TPSA) is 49.4 Å². The molecule has 2 amide bonds. The minimum atomic E-state index is -0.942. The zero-order valence-corrected chi connectivity index (χ0v) is 13.4. The van der Waals surface area contributed by atoms with Gasteiger partial charge in [0.15, 0.2) is 0 Å². The fourth-order valence-corrected chi connectivity index (χ4v) is 3.73. The Bertz CT molecular complexity index is 870. The van der Waals surface area contributed by atoms with Crippen molar-refractivity contribution in [3.8, 4) is 0 Å². The first kappa shape index (κ1) is 15.1. The van der Waals surface area contributed by atoms with E-state index >= 15 is 0 Å². The Hall–Kier alpha value is -2.40. The van der Waals surface area contributed by atoms with Crippen LogP contribution in [0.5, 0.6) is 0 Å². The highest BCUT2D eigenvalue weighted by molar-refractivity contribution is 6.31. The van der Waals surface area contributed by atoms with Gasteiger partial charge in [-0.15, -0.1) is 0 Å². The third-order valence-electron chi connectivity index (χ3n) is 4.76. The molecule has 4 nitrogen and oxygen atoms in total. The summed E-state index contributed by atoms with van der Waals surface area (Å²) in [7, 11) is 0. The molecule has 0 radical (unpaired) electrons. The van der Waals surface area contributed by atoms with E-state index in [0.29, 0.717) is 16.3 Å². The molecule has 122 valence electrons. The lowest BCUT2D eigenvalue weighted by molar-refractivity contribution is -0.125. The van der Waals surface area contributed by atoms with Crippen molar-refractivity contribution in [3.63, 3.8) is 0 Å². The van der Waals surface area contributed by atoms with Crippen LogP contribution in [0.1, 0.15) is 17.5 Å². The van der Waals surface area contributed by atoms with Gasteiger partial charge in [0, 0.05) is 29.2 Å². The van der Waals surface area contributed by atoms with Crippen molar-refractivity contribution in [2.75, 3.05) is 11.4 Å². The molecule has 2 aliphatic heterocycles. The van der Waals surface area contributed by atoms with E-state index in [2.05, 4.69) is 5.32 Å².